The van der Waals surface area contributed by atoms with Gasteiger partial charge in [0, 0.05) is 6.54 Å². The Balaban J connectivity index is 2.39. The second kappa shape index (κ2) is 4.64. The van der Waals surface area contributed by atoms with Crippen LogP contribution in [0, 0.1) is 11.8 Å². The summed E-state index contributed by atoms with van der Waals surface area (Å²) in [6.45, 7) is 6.70. The summed E-state index contributed by atoms with van der Waals surface area (Å²) in [6.07, 6.45) is 2.87. The molecule has 1 saturated heterocycles. The third-order valence-electron chi connectivity index (χ3n) is 2.64. The van der Waals surface area contributed by atoms with Crippen molar-refractivity contribution in [2.45, 2.75) is 38.7 Å². The first-order chi connectivity index (χ1) is 6.14. The molecular weight excluding hydrogens is 162 g/mol. The lowest BCUT2D eigenvalue weighted by Crippen LogP contribution is -2.28. The maximum Gasteiger partial charge on any atom is 0.0632 e. The van der Waals surface area contributed by atoms with Crippen molar-refractivity contribution >= 4 is 0 Å². The second-order valence-electron chi connectivity index (χ2n) is 4.05. The van der Waals surface area contributed by atoms with Gasteiger partial charge in [0.05, 0.1) is 12.1 Å². The Morgan fingerprint density at radius 1 is 1.38 bits per heavy atom. The Bertz CT molecular complexity index is 212. The summed E-state index contributed by atoms with van der Waals surface area (Å²) in [5, 5.41) is 9.83. The minimum Gasteiger partial charge on any atom is -0.390 e. The zero-order valence-corrected chi connectivity index (χ0v) is 8.64. The van der Waals surface area contributed by atoms with Gasteiger partial charge in [0.1, 0.15) is 0 Å². The van der Waals surface area contributed by atoms with Crippen LogP contribution < -0.4 is 0 Å². The van der Waals surface area contributed by atoms with Crippen LogP contribution in [0.1, 0.15) is 33.1 Å². The molecule has 0 bridgehead atoms. The van der Waals surface area contributed by atoms with E-state index in [1.165, 1.54) is 0 Å². The minimum atomic E-state index is -0.450. The van der Waals surface area contributed by atoms with Gasteiger partial charge in [0.25, 0.3) is 0 Å². The van der Waals surface area contributed by atoms with Crippen molar-refractivity contribution < 1.29 is 5.11 Å². The van der Waals surface area contributed by atoms with Crippen LogP contribution in [0.4, 0.5) is 0 Å². The summed E-state index contributed by atoms with van der Waals surface area (Å²) in [5.41, 5.74) is -0.450. The summed E-state index contributed by atoms with van der Waals surface area (Å²) in [6, 6.07) is 0. The molecule has 13 heavy (non-hydrogen) atoms. The standard InChI is InChI=1S/C11H19NO/c1-3-4-8-12-9-5-6-11(2,13)7-10-12/h13H,5-10H2,1-2H3. The highest BCUT2D eigenvalue weighted by atomic mass is 16.3. The molecular formula is C11H19NO. The summed E-state index contributed by atoms with van der Waals surface area (Å²) in [7, 11) is 0. The molecule has 0 aromatic carbocycles. The molecule has 0 aliphatic carbocycles. The molecule has 1 rings (SSSR count). The Morgan fingerprint density at radius 2 is 2.15 bits per heavy atom. The summed E-state index contributed by atoms with van der Waals surface area (Å²) in [4.78, 5) is 2.32. The topological polar surface area (TPSA) is 23.5 Å². The molecule has 0 radical (unpaired) electrons. The van der Waals surface area contributed by atoms with Crippen LogP contribution in [-0.2, 0) is 0 Å². The predicted octanol–water partition coefficient (Wildman–Crippen LogP) is 1.25. The lowest BCUT2D eigenvalue weighted by molar-refractivity contribution is 0.0450. The molecule has 2 nitrogen and oxygen atoms in total. The molecule has 0 spiro atoms. The fourth-order valence-electron chi connectivity index (χ4n) is 1.67. The molecule has 1 fully saturated rings. The molecule has 0 saturated carbocycles. The first-order valence-corrected chi connectivity index (χ1v) is 4.98. The Labute approximate surface area is 80.9 Å². The molecule has 1 heterocycles. The van der Waals surface area contributed by atoms with Gasteiger partial charge in [-0.05, 0) is 39.7 Å². The first-order valence-electron chi connectivity index (χ1n) is 4.98. The number of likely N-dealkylation sites (tertiary alicyclic amines) is 1. The van der Waals surface area contributed by atoms with Crippen molar-refractivity contribution in [3.8, 4) is 11.8 Å². The zero-order chi connectivity index (χ0) is 9.73. The van der Waals surface area contributed by atoms with Crippen LogP contribution >= 0.6 is 0 Å². The van der Waals surface area contributed by atoms with Crippen LogP contribution in [-0.4, -0.2) is 35.2 Å². The molecule has 0 amide bonds. The molecule has 1 aliphatic heterocycles. The third kappa shape index (κ3) is 3.80. The third-order valence-corrected chi connectivity index (χ3v) is 2.64. The van der Waals surface area contributed by atoms with Crippen LogP contribution in [0.5, 0.6) is 0 Å². The lowest BCUT2D eigenvalue weighted by atomic mass is 9.98. The molecule has 0 aromatic heterocycles. The van der Waals surface area contributed by atoms with Crippen molar-refractivity contribution in [3.63, 3.8) is 0 Å². The minimum absolute atomic E-state index is 0.450. The van der Waals surface area contributed by atoms with Gasteiger partial charge in [0.15, 0.2) is 0 Å². The van der Waals surface area contributed by atoms with E-state index in [4.69, 9.17) is 0 Å². The highest BCUT2D eigenvalue weighted by molar-refractivity contribution is 4.98. The maximum atomic E-state index is 9.83. The van der Waals surface area contributed by atoms with Crippen molar-refractivity contribution in [3.05, 3.63) is 0 Å². The molecule has 1 unspecified atom stereocenters. The van der Waals surface area contributed by atoms with Gasteiger partial charge in [0.2, 0.25) is 0 Å². The van der Waals surface area contributed by atoms with E-state index in [0.29, 0.717) is 0 Å². The van der Waals surface area contributed by atoms with Gasteiger partial charge in [-0.25, -0.2) is 0 Å². The van der Waals surface area contributed by atoms with E-state index >= 15 is 0 Å². The van der Waals surface area contributed by atoms with Crippen molar-refractivity contribution in [1.29, 1.82) is 0 Å². The van der Waals surface area contributed by atoms with Crippen molar-refractivity contribution in [1.82, 2.24) is 4.90 Å². The Hall–Kier alpha value is -0.520. The van der Waals surface area contributed by atoms with Gasteiger partial charge in [-0.3, -0.25) is 4.90 Å². The molecule has 1 atom stereocenters. The van der Waals surface area contributed by atoms with Crippen LogP contribution in [0.2, 0.25) is 0 Å². The van der Waals surface area contributed by atoms with Crippen LogP contribution in [0.25, 0.3) is 0 Å². The van der Waals surface area contributed by atoms with E-state index in [2.05, 4.69) is 16.7 Å². The average molecular weight is 181 g/mol. The Morgan fingerprint density at radius 3 is 2.85 bits per heavy atom. The molecule has 74 valence electrons. The quantitative estimate of drug-likeness (QED) is 0.615. The number of aliphatic hydroxyl groups is 1. The van der Waals surface area contributed by atoms with E-state index in [9.17, 15) is 5.11 Å². The van der Waals surface area contributed by atoms with Crippen LogP contribution in [0.3, 0.4) is 0 Å². The molecule has 1 N–H and O–H groups in total. The zero-order valence-electron chi connectivity index (χ0n) is 8.64. The number of hydrogen-bond donors (Lipinski definition) is 1. The summed E-state index contributed by atoms with van der Waals surface area (Å²) >= 11 is 0. The second-order valence-corrected chi connectivity index (χ2v) is 4.05. The number of hydrogen-bond acceptors (Lipinski definition) is 2. The summed E-state index contributed by atoms with van der Waals surface area (Å²) < 4.78 is 0. The van der Waals surface area contributed by atoms with Crippen molar-refractivity contribution in [2.24, 2.45) is 0 Å². The monoisotopic (exact) mass is 181 g/mol. The maximum absolute atomic E-state index is 9.83. The largest absolute Gasteiger partial charge is 0.390 e. The highest BCUT2D eigenvalue weighted by Gasteiger charge is 2.24. The number of nitrogens with zero attached hydrogens (tertiary/aromatic N) is 1. The van der Waals surface area contributed by atoms with E-state index in [1.807, 2.05) is 13.8 Å². The van der Waals surface area contributed by atoms with Gasteiger partial charge >= 0.3 is 0 Å². The average Bonchev–Trinajstić information content (AvgIpc) is 2.23. The molecule has 0 aromatic rings. The predicted molar refractivity (Wildman–Crippen MR) is 54.4 cm³/mol. The van der Waals surface area contributed by atoms with E-state index in [1.54, 1.807) is 0 Å². The van der Waals surface area contributed by atoms with Gasteiger partial charge in [-0.15, -0.1) is 5.92 Å². The SMILES string of the molecule is CC#CCN1CCCC(C)(O)CC1. The first kappa shape index (κ1) is 10.6. The van der Waals surface area contributed by atoms with Crippen LogP contribution in [0.15, 0.2) is 0 Å². The van der Waals surface area contributed by atoms with Gasteiger partial charge in [-0.2, -0.15) is 0 Å². The van der Waals surface area contributed by atoms with E-state index in [0.717, 1.165) is 38.9 Å². The lowest BCUT2D eigenvalue weighted by Gasteiger charge is -2.20. The van der Waals surface area contributed by atoms with Gasteiger partial charge in [-0.1, -0.05) is 5.92 Å². The van der Waals surface area contributed by atoms with Crippen molar-refractivity contribution in [2.75, 3.05) is 19.6 Å². The smallest absolute Gasteiger partial charge is 0.0632 e. The van der Waals surface area contributed by atoms with E-state index in [-0.39, 0.29) is 0 Å². The fraction of sp³-hybridized carbons (Fsp3) is 0.818. The van der Waals surface area contributed by atoms with Gasteiger partial charge < -0.3 is 5.11 Å². The Kier molecular flexibility index (Phi) is 3.77. The summed E-state index contributed by atoms with van der Waals surface area (Å²) in [5.74, 6) is 5.97. The fourth-order valence-corrected chi connectivity index (χ4v) is 1.67. The molecule has 1 aliphatic rings. The highest BCUT2D eigenvalue weighted by Crippen LogP contribution is 2.20. The molecule has 2 heteroatoms. The normalized spacial score (nSPS) is 30.4. The number of rotatable bonds is 1. The van der Waals surface area contributed by atoms with E-state index < -0.39 is 5.60 Å².